The predicted molar refractivity (Wildman–Crippen MR) is 106 cm³/mol. The van der Waals surface area contributed by atoms with Crippen molar-refractivity contribution >= 4 is 35.8 Å². The molecule has 0 fully saturated rings. The topological polar surface area (TPSA) is 39.9 Å². The Morgan fingerprint density at radius 1 is 1.28 bits per heavy atom. The molecule has 0 aliphatic heterocycles. The van der Waals surface area contributed by atoms with Gasteiger partial charge in [0, 0.05) is 11.6 Å². The lowest BCUT2D eigenvalue weighted by atomic mass is 9.76. The number of thiol groups is 1. The molecule has 2 aromatic rings. The summed E-state index contributed by atoms with van der Waals surface area (Å²) >= 11 is 16.4. The van der Waals surface area contributed by atoms with Gasteiger partial charge in [0.15, 0.2) is 5.16 Å². The van der Waals surface area contributed by atoms with Gasteiger partial charge >= 0.3 is 0 Å². The highest BCUT2D eigenvalue weighted by molar-refractivity contribution is 7.80. The van der Waals surface area contributed by atoms with Crippen LogP contribution in [0.4, 0.5) is 0 Å². The van der Waals surface area contributed by atoms with Crippen LogP contribution in [0, 0.1) is 17.3 Å². The first-order valence-electron chi connectivity index (χ1n) is 8.31. The summed E-state index contributed by atoms with van der Waals surface area (Å²) in [6.07, 6.45) is 2.54. The van der Waals surface area contributed by atoms with Crippen molar-refractivity contribution in [3.05, 3.63) is 34.6 Å². The smallest absolute Gasteiger partial charge is 0.182 e. The van der Waals surface area contributed by atoms with Crippen LogP contribution in [0.3, 0.4) is 0 Å². The molecule has 1 heterocycles. The van der Waals surface area contributed by atoms with Crippen LogP contribution < -0.4 is 4.74 Å². The Bertz CT molecular complexity index is 700. The van der Waals surface area contributed by atoms with Crippen LogP contribution in [0.15, 0.2) is 29.7 Å². The number of aromatic nitrogens is 3. The predicted octanol–water partition coefficient (Wildman–Crippen LogP) is 5.64. The van der Waals surface area contributed by atoms with Crippen molar-refractivity contribution in [2.45, 2.75) is 45.8 Å². The van der Waals surface area contributed by atoms with Gasteiger partial charge in [-0.2, -0.15) is 5.10 Å². The molecule has 25 heavy (non-hydrogen) atoms. The van der Waals surface area contributed by atoms with Crippen molar-refractivity contribution in [3.63, 3.8) is 0 Å². The second-order valence-corrected chi connectivity index (χ2v) is 8.78. The van der Waals surface area contributed by atoms with E-state index in [1.54, 1.807) is 18.2 Å². The second-order valence-electron chi connectivity index (χ2n) is 7.53. The van der Waals surface area contributed by atoms with Crippen LogP contribution >= 0.6 is 35.8 Å². The minimum absolute atomic E-state index is 0.137. The molecule has 2 unspecified atom stereocenters. The van der Waals surface area contributed by atoms with Gasteiger partial charge in [0.05, 0.1) is 11.6 Å². The lowest BCUT2D eigenvalue weighted by Gasteiger charge is -2.33. The lowest BCUT2D eigenvalue weighted by Crippen LogP contribution is -2.29. The Morgan fingerprint density at radius 2 is 2.00 bits per heavy atom. The van der Waals surface area contributed by atoms with Gasteiger partial charge < -0.3 is 4.74 Å². The van der Waals surface area contributed by atoms with Crippen LogP contribution in [-0.2, 0) is 6.54 Å². The molecular formula is C18H25Cl2N3OS. The number of benzene rings is 1. The Labute approximate surface area is 165 Å². The molecule has 1 aromatic heterocycles. The Hall–Kier alpha value is -0.910. The van der Waals surface area contributed by atoms with E-state index in [0.29, 0.717) is 39.4 Å². The molecule has 0 spiro atoms. The van der Waals surface area contributed by atoms with Gasteiger partial charge in [-0.3, -0.25) is 0 Å². The summed E-state index contributed by atoms with van der Waals surface area (Å²) in [6.45, 7) is 10.3. The molecule has 0 radical (unpaired) electrons. The minimum atomic E-state index is 0.137. The number of hydrogen-bond acceptors (Lipinski definition) is 4. The normalized spacial score (nSPS) is 14.4. The van der Waals surface area contributed by atoms with Gasteiger partial charge in [-0.15, -0.1) is 12.6 Å². The molecule has 2 atom stereocenters. The van der Waals surface area contributed by atoms with E-state index in [2.05, 4.69) is 50.4 Å². The van der Waals surface area contributed by atoms with Crippen LogP contribution in [0.2, 0.25) is 10.0 Å². The monoisotopic (exact) mass is 401 g/mol. The summed E-state index contributed by atoms with van der Waals surface area (Å²) in [5.41, 5.74) is 0.137. The molecule has 0 amide bonds. The number of rotatable bonds is 7. The molecule has 0 saturated heterocycles. The van der Waals surface area contributed by atoms with Crippen LogP contribution in [0.1, 0.15) is 34.1 Å². The van der Waals surface area contributed by atoms with Gasteiger partial charge in [0.1, 0.15) is 12.1 Å². The Morgan fingerprint density at radius 3 is 2.56 bits per heavy atom. The molecule has 0 aliphatic rings. The number of nitrogens with zero attached hydrogens (tertiary/aromatic N) is 3. The highest BCUT2D eigenvalue weighted by atomic mass is 35.5. The van der Waals surface area contributed by atoms with Gasteiger partial charge in [0.2, 0.25) is 0 Å². The van der Waals surface area contributed by atoms with Crippen molar-refractivity contribution in [2.75, 3.05) is 6.61 Å². The molecule has 4 nitrogen and oxygen atoms in total. The fourth-order valence-electron chi connectivity index (χ4n) is 2.68. The average molecular weight is 402 g/mol. The number of hydrogen-bond donors (Lipinski definition) is 1. The van der Waals surface area contributed by atoms with Crippen molar-refractivity contribution < 1.29 is 4.74 Å². The number of halogens is 2. The molecule has 2 rings (SSSR count). The standard InChI is InChI=1S/C18H25Cl2N3OS/c1-12(10-24-16-6-5-14(19)8-15(16)20)7-13(18(2,3)4)9-23-17(25)21-11-22-23/h5-6,8,11-13H,7,9-10H2,1-4H3,(H,21,22,25). The first kappa shape index (κ1) is 20.4. The third kappa shape index (κ3) is 6.08. The number of ether oxygens (including phenoxy) is 1. The van der Waals surface area contributed by atoms with Crippen LogP contribution in [0.5, 0.6) is 5.75 Å². The first-order chi connectivity index (χ1) is 11.7. The van der Waals surface area contributed by atoms with Crippen molar-refractivity contribution in [1.29, 1.82) is 0 Å². The zero-order valence-electron chi connectivity index (χ0n) is 15.0. The molecule has 138 valence electrons. The van der Waals surface area contributed by atoms with E-state index in [9.17, 15) is 0 Å². The van der Waals surface area contributed by atoms with E-state index >= 15 is 0 Å². The van der Waals surface area contributed by atoms with E-state index in [0.717, 1.165) is 13.0 Å². The van der Waals surface area contributed by atoms with Crippen molar-refractivity contribution in [3.8, 4) is 5.75 Å². The minimum Gasteiger partial charge on any atom is -0.492 e. The molecular weight excluding hydrogens is 377 g/mol. The van der Waals surface area contributed by atoms with Gasteiger partial charge in [-0.1, -0.05) is 50.9 Å². The maximum absolute atomic E-state index is 6.17. The molecule has 7 heteroatoms. The van der Waals surface area contributed by atoms with E-state index in [1.165, 1.54) is 6.33 Å². The van der Waals surface area contributed by atoms with E-state index < -0.39 is 0 Å². The Balaban J connectivity index is 1.97. The van der Waals surface area contributed by atoms with Crippen molar-refractivity contribution in [2.24, 2.45) is 17.3 Å². The second kappa shape index (κ2) is 8.65. The molecule has 0 bridgehead atoms. The summed E-state index contributed by atoms with van der Waals surface area (Å²) in [5, 5.41) is 6.04. The first-order valence-corrected chi connectivity index (χ1v) is 9.51. The highest BCUT2D eigenvalue weighted by Gasteiger charge is 2.27. The fraction of sp³-hybridized carbons (Fsp3) is 0.556. The van der Waals surface area contributed by atoms with Gasteiger partial charge in [0.25, 0.3) is 0 Å². The largest absolute Gasteiger partial charge is 0.492 e. The lowest BCUT2D eigenvalue weighted by molar-refractivity contribution is 0.142. The maximum Gasteiger partial charge on any atom is 0.182 e. The molecule has 0 N–H and O–H groups in total. The highest BCUT2D eigenvalue weighted by Crippen LogP contribution is 2.34. The third-order valence-electron chi connectivity index (χ3n) is 4.32. The van der Waals surface area contributed by atoms with E-state index in [1.807, 2.05) is 4.68 Å². The maximum atomic E-state index is 6.17. The third-order valence-corrected chi connectivity index (χ3v) is 5.19. The van der Waals surface area contributed by atoms with Crippen molar-refractivity contribution in [1.82, 2.24) is 14.8 Å². The SMILES string of the molecule is CC(COc1ccc(Cl)cc1Cl)CC(Cn1ncnc1S)C(C)(C)C. The van der Waals surface area contributed by atoms with E-state index in [4.69, 9.17) is 27.9 Å². The van der Waals surface area contributed by atoms with E-state index in [-0.39, 0.29) is 5.41 Å². The molecule has 0 aliphatic carbocycles. The summed E-state index contributed by atoms with van der Waals surface area (Å²) in [6, 6.07) is 5.28. The summed E-state index contributed by atoms with van der Waals surface area (Å²) in [4.78, 5) is 4.09. The zero-order chi connectivity index (χ0) is 18.6. The summed E-state index contributed by atoms with van der Waals surface area (Å²) in [5.74, 6) is 1.45. The molecule has 0 saturated carbocycles. The summed E-state index contributed by atoms with van der Waals surface area (Å²) in [7, 11) is 0. The van der Waals surface area contributed by atoms with Crippen LogP contribution in [-0.4, -0.2) is 21.4 Å². The summed E-state index contributed by atoms with van der Waals surface area (Å²) < 4.78 is 7.74. The van der Waals surface area contributed by atoms with Gasteiger partial charge in [-0.25, -0.2) is 9.67 Å². The quantitative estimate of drug-likeness (QED) is 0.609. The van der Waals surface area contributed by atoms with Crippen LogP contribution in [0.25, 0.3) is 0 Å². The average Bonchev–Trinajstić information content (AvgIpc) is 2.90. The van der Waals surface area contributed by atoms with Gasteiger partial charge in [-0.05, 0) is 41.9 Å². The fourth-order valence-corrected chi connectivity index (χ4v) is 3.32. The molecule has 1 aromatic carbocycles. The Kier molecular flexibility index (Phi) is 7.06. The zero-order valence-corrected chi connectivity index (χ0v) is 17.4.